The monoisotopic (exact) mass is 286 g/mol. The standard InChI is InChI=1S/C13H22N2O3S/c16-13(11-3-4-11)14-9-5-12(6-10-14)19(17,18)15-7-1-2-8-15/h11-12H,1-10H2. The lowest BCUT2D eigenvalue weighted by Gasteiger charge is -2.33. The number of sulfonamides is 1. The van der Waals surface area contributed by atoms with E-state index < -0.39 is 10.0 Å². The van der Waals surface area contributed by atoms with Crippen LogP contribution >= 0.6 is 0 Å². The van der Waals surface area contributed by atoms with Crippen LogP contribution in [0.4, 0.5) is 0 Å². The van der Waals surface area contributed by atoms with Crippen LogP contribution in [-0.2, 0) is 14.8 Å². The van der Waals surface area contributed by atoms with E-state index in [1.54, 1.807) is 4.31 Å². The molecule has 1 amide bonds. The molecule has 2 aliphatic heterocycles. The molecule has 0 aromatic rings. The number of hydrogen-bond acceptors (Lipinski definition) is 3. The summed E-state index contributed by atoms with van der Waals surface area (Å²) in [7, 11) is -3.12. The van der Waals surface area contributed by atoms with Crippen LogP contribution in [0.2, 0.25) is 0 Å². The second kappa shape index (κ2) is 5.05. The average Bonchev–Trinajstić information content (AvgIpc) is 3.11. The molecule has 0 bridgehead atoms. The first-order chi connectivity index (χ1) is 9.09. The summed E-state index contributed by atoms with van der Waals surface area (Å²) in [5.41, 5.74) is 0. The molecule has 6 heteroatoms. The number of nitrogens with zero attached hydrogens (tertiary/aromatic N) is 2. The number of likely N-dealkylation sites (tertiary alicyclic amines) is 1. The van der Waals surface area contributed by atoms with Crippen LogP contribution in [-0.4, -0.2) is 55.0 Å². The Bertz CT molecular complexity index is 445. The smallest absolute Gasteiger partial charge is 0.225 e. The highest BCUT2D eigenvalue weighted by Crippen LogP contribution is 2.33. The fourth-order valence-corrected chi connectivity index (χ4v) is 5.11. The Morgan fingerprint density at radius 3 is 2.00 bits per heavy atom. The Morgan fingerprint density at radius 2 is 1.47 bits per heavy atom. The van der Waals surface area contributed by atoms with E-state index in [0.717, 1.165) is 25.7 Å². The zero-order chi connectivity index (χ0) is 13.5. The van der Waals surface area contributed by atoms with Gasteiger partial charge in [-0.3, -0.25) is 4.79 Å². The maximum absolute atomic E-state index is 12.4. The summed E-state index contributed by atoms with van der Waals surface area (Å²) in [6.07, 6.45) is 5.22. The van der Waals surface area contributed by atoms with Gasteiger partial charge in [-0.15, -0.1) is 0 Å². The molecule has 108 valence electrons. The third kappa shape index (κ3) is 2.65. The molecule has 0 atom stereocenters. The van der Waals surface area contributed by atoms with Crippen molar-refractivity contribution in [1.82, 2.24) is 9.21 Å². The van der Waals surface area contributed by atoms with Gasteiger partial charge in [0.1, 0.15) is 0 Å². The summed E-state index contributed by atoms with van der Waals surface area (Å²) in [5.74, 6) is 0.490. The summed E-state index contributed by atoms with van der Waals surface area (Å²) >= 11 is 0. The van der Waals surface area contributed by atoms with E-state index in [9.17, 15) is 13.2 Å². The predicted octanol–water partition coefficient (Wildman–Crippen LogP) is 0.813. The van der Waals surface area contributed by atoms with E-state index in [-0.39, 0.29) is 17.1 Å². The molecular formula is C13H22N2O3S. The Balaban J connectivity index is 1.58. The van der Waals surface area contributed by atoms with Crippen molar-refractivity contribution in [3.05, 3.63) is 0 Å². The first kappa shape index (κ1) is 13.4. The van der Waals surface area contributed by atoms with Crippen LogP contribution < -0.4 is 0 Å². The van der Waals surface area contributed by atoms with Gasteiger partial charge >= 0.3 is 0 Å². The topological polar surface area (TPSA) is 57.7 Å². The van der Waals surface area contributed by atoms with E-state index in [4.69, 9.17) is 0 Å². The Morgan fingerprint density at radius 1 is 0.895 bits per heavy atom. The minimum absolute atomic E-state index is 0.242. The first-order valence-corrected chi connectivity index (χ1v) is 8.87. The van der Waals surface area contributed by atoms with Crippen molar-refractivity contribution < 1.29 is 13.2 Å². The molecule has 2 saturated heterocycles. The molecule has 0 aromatic heterocycles. The van der Waals surface area contributed by atoms with Crippen LogP contribution in [0.15, 0.2) is 0 Å². The minimum atomic E-state index is -3.12. The van der Waals surface area contributed by atoms with Gasteiger partial charge in [0, 0.05) is 32.1 Å². The van der Waals surface area contributed by atoms with Crippen molar-refractivity contribution in [3.8, 4) is 0 Å². The molecule has 5 nitrogen and oxygen atoms in total. The van der Waals surface area contributed by atoms with Gasteiger partial charge in [0.05, 0.1) is 5.25 Å². The van der Waals surface area contributed by atoms with Gasteiger partial charge in [0.15, 0.2) is 0 Å². The molecule has 3 fully saturated rings. The molecule has 1 saturated carbocycles. The van der Waals surface area contributed by atoms with Crippen LogP contribution in [0, 0.1) is 5.92 Å². The molecule has 0 unspecified atom stereocenters. The van der Waals surface area contributed by atoms with Crippen LogP contribution in [0.5, 0.6) is 0 Å². The summed E-state index contributed by atoms with van der Waals surface area (Å²) in [5, 5.41) is -0.270. The largest absolute Gasteiger partial charge is 0.342 e. The second-order valence-corrected chi connectivity index (χ2v) is 8.16. The summed E-state index contributed by atoms with van der Waals surface area (Å²) in [4.78, 5) is 13.8. The van der Waals surface area contributed by atoms with Crippen molar-refractivity contribution >= 4 is 15.9 Å². The highest BCUT2D eigenvalue weighted by Gasteiger charge is 2.39. The highest BCUT2D eigenvalue weighted by atomic mass is 32.2. The van der Waals surface area contributed by atoms with E-state index in [2.05, 4.69) is 0 Å². The molecule has 0 radical (unpaired) electrons. The third-order valence-corrected chi connectivity index (χ3v) is 6.93. The van der Waals surface area contributed by atoms with E-state index >= 15 is 0 Å². The van der Waals surface area contributed by atoms with Crippen molar-refractivity contribution in [1.29, 1.82) is 0 Å². The minimum Gasteiger partial charge on any atom is -0.342 e. The number of hydrogen-bond donors (Lipinski definition) is 0. The lowest BCUT2D eigenvalue weighted by molar-refractivity contribution is -0.133. The van der Waals surface area contributed by atoms with Gasteiger partial charge in [-0.05, 0) is 38.5 Å². The van der Waals surface area contributed by atoms with Gasteiger partial charge in [-0.2, -0.15) is 0 Å². The predicted molar refractivity (Wildman–Crippen MR) is 72.1 cm³/mol. The number of carbonyl (C=O) groups excluding carboxylic acids is 1. The lowest BCUT2D eigenvalue weighted by atomic mass is 10.1. The number of piperidine rings is 1. The van der Waals surface area contributed by atoms with Gasteiger partial charge in [-0.25, -0.2) is 12.7 Å². The maximum Gasteiger partial charge on any atom is 0.225 e. The summed E-state index contributed by atoms with van der Waals surface area (Å²) in [6, 6.07) is 0. The number of carbonyl (C=O) groups is 1. The van der Waals surface area contributed by atoms with Gasteiger partial charge in [0.2, 0.25) is 15.9 Å². The van der Waals surface area contributed by atoms with Gasteiger partial charge < -0.3 is 4.90 Å². The van der Waals surface area contributed by atoms with Crippen molar-refractivity contribution in [2.75, 3.05) is 26.2 Å². The van der Waals surface area contributed by atoms with E-state index in [0.29, 0.717) is 39.0 Å². The van der Waals surface area contributed by atoms with Crippen LogP contribution in [0.3, 0.4) is 0 Å². The molecule has 19 heavy (non-hydrogen) atoms. The quantitative estimate of drug-likeness (QED) is 0.771. The highest BCUT2D eigenvalue weighted by molar-refractivity contribution is 7.89. The molecular weight excluding hydrogens is 264 g/mol. The average molecular weight is 286 g/mol. The molecule has 1 aliphatic carbocycles. The third-order valence-electron chi connectivity index (χ3n) is 4.53. The van der Waals surface area contributed by atoms with E-state index in [1.165, 1.54) is 0 Å². The number of amides is 1. The fourth-order valence-electron chi connectivity index (χ4n) is 3.12. The van der Waals surface area contributed by atoms with Crippen molar-refractivity contribution in [2.45, 2.75) is 43.8 Å². The Hall–Kier alpha value is -0.620. The zero-order valence-electron chi connectivity index (χ0n) is 11.3. The summed E-state index contributed by atoms with van der Waals surface area (Å²) < 4.78 is 26.5. The Labute approximate surface area is 115 Å². The normalized spacial score (nSPS) is 26.8. The molecule has 0 spiro atoms. The molecule has 0 aromatic carbocycles. The van der Waals surface area contributed by atoms with Gasteiger partial charge in [0.25, 0.3) is 0 Å². The fraction of sp³-hybridized carbons (Fsp3) is 0.923. The molecule has 0 N–H and O–H groups in total. The van der Waals surface area contributed by atoms with E-state index in [1.807, 2.05) is 4.90 Å². The lowest BCUT2D eigenvalue weighted by Crippen LogP contribution is -2.46. The van der Waals surface area contributed by atoms with Crippen molar-refractivity contribution in [2.24, 2.45) is 5.92 Å². The molecule has 2 heterocycles. The second-order valence-electron chi connectivity index (χ2n) is 5.95. The molecule has 3 rings (SSSR count). The Kier molecular flexibility index (Phi) is 3.55. The maximum atomic E-state index is 12.4. The SMILES string of the molecule is O=C(C1CC1)N1CCC(S(=O)(=O)N2CCCC2)CC1. The van der Waals surface area contributed by atoms with Crippen LogP contribution in [0.1, 0.15) is 38.5 Å². The first-order valence-electron chi connectivity index (χ1n) is 7.37. The zero-order valence-corrected chi connectivity index (χ0v) is 12.1. The number of rotatable bonds is 3. The summed E-state index contributed by atoms with van der Waals surface area (Å²) in [6.45, 7) is 2.60. The van der Waals surface area contributed by atoms with Crippen LogP contribution in [0.25, 0.3) is 0 Å². The van der Waals surface area contributed by atoms with Crippen molar-refractivity contribution in [3.63, 3.8) is 0 Å². The van der Waals surface area contributed by atoms with Gasteiger partial charge in [-0.1, -0.05) is 0 Å². The molecule has 3 aliphatic rings.